The molecule has 2 saturated carbocycles. The summed E-state index contributed by atoms with van der Waals surface area (Å²) >= 11 is 0. The summed E-state index contributed by atoms with van der Waals surface area (Å²) in [7, 11) is -8.29. The average Bonchev–Trinajstić information content (AvgIpc) is 4.19. The molecule has 19 nitrogen and oxygen atoms in total. The molecule has 0 bridgehead atoms. The van der Waals surface area contributed by atoms with E-state index in [-0.39, 0.29) is 65.0 Å². The summed E-state index contributed by atoms with van der Waals surface area (Å²) in [6.07, 6.45) is 13.3. The maximum Gasteiger partial charge on any atom is 0.297 e. The number of amides is 1. The molecule has 2 aliphatic carbocycles. The first-order valence-corrected chi connectivity index (χ1v) is 30.6. The number of nitrogens with zero attached hydrogens (tertiary/aromatic N) is 5. The van der Waals surface area contributed by atoms with Gasteiger partial charge in [0, 0.05) is 67.2 Å². The van der Waals surface area contributed by atoms with E-state index in [1.54, 1.807) is 37.4 Å². The van der Waals surface area contributed by atoms with E-state index in [1.165, 1.54) is 46.7 Å². The highest BCUT2D eigenvalue weighted by molar-refractivity contribution is 7.90. The van der Waals surface area contributed by atoms with Crippen molar-refractivity contribution in [2.75, 3.05) is 55.9 Å². The molecule has 11 rings (SSSR count). The minimum atomic E-state index is -4.78. The minimum Gasteiger partial charge on any atom is -0.489 e. The summed E-state index contributed by atoms with van der Waals surface area (Å²) in [6.45, 7) is 9.44. The Kier molecular flexibility index (Phi) is 14.2. The quantitative estimate of drug-likeness (QED) is 0.0565. The maximum atomic E-state index is 14.5. The number of pyridine rings is 1. The van der Waals surface area contributed by atoms with Gasteiger partial charge in [0.15, 0.2) is 17.2 Å². The molecule has 5 aromatic rings. The molecule has 1 spiro atoms. The number of sulfonamides is 2. The van der Waals surface area contributed by atoms with Crippen molar-refractivity contribution in [3.05, 3.63) is 99.7 Å². The molecule has 2 aromatic heterocycles. The van der Waals surface area contributed by atoms with Crippen LogP contribution in [0.2, 0.25) is 0 Å². The number of nitrogens with one attached hydrogen (secondary N) is 3. The predicted molar refractivity (Wildman–Crippen MR) is 292 cm³/mol. The van der Waals surface area contributed by atoms with Crippen molar-refractivity contribution < 1.29 is 45.9 Å². The molecule has 412 valence electrons. The van der Waals surface area contributed by atoms with Gasteiger partial charge in [-0.05, 0) is 143 Å². The van der Waals surface area contributed by atoms with Crippen LogP contribution in [0, 0.1) is 21.4 Å². The van der Waals surface area contributed by atoms with E-state index in [0.29, 0.717) is 74.1 Å². The lowest BCUT2D eigenvalue weighted by Gasteiger charge is -2.56. The third kappa shape index (κ3) is 10.8. The predicted octanol–water partition coefficient (Wildman–Crippen LogP) is 9.01. The molecule has 0 unspecified atom stereocenters. The first-order valence-electron chi connectivity index (χ1n) is 27.2. The maximum absolute atomic E-state index is 14.5. The average molecular weight is 1100 g/mol. The Bertz CT molecular complexity index is 3290. The van der Waals surface area contributed by atoms with Gasteiger partial charge < -0.3 is 34.5 Å². The molecule has 77 heavy (non-hydrogen) atoms. The van der Waals surface area contributed by atoms with Gasteiger partial charge in [-0.3, -0.25) is 19.8 Å². The van der Waals surface area contributed by atoms with Crippen LogP contribution in [0.5, 0.6) is 23.1 Å². The smallest absolute Gasteiger partial charge is 0.297 e. The number of carbonyl (C=O) groups excluding carboxylic acids is 1. The summed E-state index contributed by atoms with van der Waals surface area (Å²) in [5.41, 5.74) is 2.97. The third-order valence-corrected chi connectivity index (χ3v) is 20.2. The van der Waals surface area contributed by atoms with E-state index in [4.69, 9.17) is 19.2 Å². The molecular weight excluding hydrogens is 1020 g/mol. The number of piperidine rings is 1. The van der Waals surface area contributed by atoms with E-state index in [2.05, 4.69) is 62.9 Å². The number of nitro groups is 1. The second-order valence-electron chi connectivity index (χ2n) is 23.1. The number of nitro benzene ring substituents is 1. The molecule has 21 heteroatoms. The molecule has 0 radical (unpaired) electrons. The van der Waals surface area contributed by atoms with E-state index >= 15 is 0 Å². The Hall–Kier alpha value is -6.00. The number of hydrogen-bond acceptors (Lipinski definition) is 15. The number of hydrogen-bond donors (Lipinski definition) is 4. The van der Waals surface area contributed by atoms with Gasteiger partial charge in [-0.2, -0.15) is 9.29 Å². The number of aromatic amines is 1. The number of anilines is 2. The standard InChI is InChI=1S/C56H70N8O11S2/c1-35(2)42-10-5-6-11-43(42)46-12-8-23-62(46)40-31-56(32-40)20-25-61(26-21-56)38-13-14-44(48(28-38)75-50-27-37-17-22-57-52(37)59-54(50)74-33-39-9-7-24-63(39)76(4,69)70)53(65)60-77(71,72)41-29-47(64(67)68)51-49(30-41)73-34-45(58-51)36-15-18-55(3,66)19-16-36/h5-6,10-11,13-14,17,22,27-30,35-36,39-40,45-46,58,66H,7-9,12,15-16,18-21,23-26,31-34H2,1-4H3,(H,57,59)(H,60,65)/t36-,39-,45+,46+,55-/m0/s1. The van der Waals surface area contributed by atoms with Crippen LogP contribution < -0.4 is 29.1 Å². The second-order valence-corrected chi connectivity index (χ2v) is 26.7. The van der Waals surface area contributed by atoms with Crippen LogP contribution >= 0.6 is 0 Å². The first-order chi connectivity index (χ1) is 36.7. The topological polar surface area (TPSA) is 239 Å². The Balaban J connectivity index is 0.854. The Labute approximate surface area is 450 Å². The zero-order chi connectivity index (χ0) is 54.0. The number of ether oxygens (including phenoxy) is 3. The molecule has 5 fully saturated rings. The summed E-state index contributed by atoms with van der Waals surface area (Å²) in [4.78, 5) is 38.7. The van der Waals surface area contributed by atoms with Gasteiger partial charge in [-0.15, -0.1) is 0 Å². The van der Waals surface area contributed by atoms with Crippen molar-refractivity contribution in [3.8, 4) is 23.1 Å². The molecule has 3 saturated heterocycles. The van der Waals surface area contributed by atoms with Gasteiger partial charge in [0.2, 0.25) is 10.0 Å². The van der Waals surface area contributed by atoms with E-state index in [9.17, 15) is 36.9 Å². The Morgan fingerprint density at radius 2 is 1.70 bits per heavy atom. The number of benzene rings is 3. The van der Waals surface area contributed by atoms with Crippen molar-refractivity contribution in [3.63, 3.8) is 0 Å². The number of fused-ring (bicyclic) bond motifs is 2. The largest absolute Gasteiger partial charge is 0.489 e. The lowest BCUT2D eigenvalue weighted by molar-refractivity contribution is -0.384. The molecule has 6 heterocycles. The summed E-state index contributed by atoms with van der Waals surface area (Å²) < 4.78 is 76.4. The normalized spacial score (nSPS) is 25.0. The number of H-pyrrole nitrogens is 1. The highest BCUT2D eigenvalue weighted by atomic mass is 32.2. The molecule has 3 aromatic carbocycles. The van der Waals surface area contributed by atoms with Crippen LogP contribution in [0.4, 0.5) is 17.1 Å². The van der Waals surface area contributed by atoms with E-state index in [1.807, 2.05) is 0 Å². The van der Waals surface area contributed by atoms with Crippen LogP contribution in [0.25, 0.3) is 11.0 Å². The van der Waals surface area contributed by atoms with Crippen molar-refractivity contribution in [1.29, 1.82) is 0 Å². The Morgan fingerprint density at radius 3 is 2.44 bits per heavy atom. The van der Waals surface area contributed by atoms with Crippen LogP contribution in [0.1, 0.15) is 131 Å². The van der Waals surface area contributed by atoms with Gasteiger partial charge in [-0.25, -0.2) is 21.6 Å². The van der Waals surface area contributed by atoms with Crippen LogP contribution in [-0.4, -0.2) is 121 Å². The Morgan fingerprint density at radius 1 is 0.948 bits per heavy atom. The van der Waals surface area contributed by atoms with E-state index < -0.39 is 53.1 Å². The molecule has 4 N–H and O–H groups in total. The third-order valence-electron chi connectivity index (χ3n) is 17.5. The number of aliphatic hydroxyl groups is 1. The van der Waals surface area contributed by atoms with Gasteiger partial charge in [0.25, 0.3) is 27.5 Å². The molecule has 4 aliphatic heterocycles. The second kappa shape index (κ2) is 20.7. The van der Waals surface area contributed by atoms with Crippen LogP contribution in [0.3, 0.4) is 0 Å². The first kappa shape index (κ1) is 53.0. The lowest BCUT2D eigenvalue weighted by Crippen LogP contribution is -2.54. The van der Waals surface area contributed by atoms with Crippen molar-refractivity contribution >= 4 is 54.0 Å². The minimum absolute atomic E-state index is 0.000311. The highest BCUT2D eigenvalue weighted by Gasteiger charge is 2.50. The van der Waals surface area contributed by atoms with Crippen molar-refractivity contribution in [1.82, 2.24) is 23.9 Å². The van der Waals surface area contributed by atoms with Crippen molar-refractivity contribution in [2.45, 2.75) is 138 Å². The molecular formula is C56H70N8O11S2. The number of aromatic nitrogens is 2. The van der Waals surface area contributed by atoms with E-state index in [0.717, 1.165) is 57.1 Å². The van der Waals surface area contributed by atoms with Crippen LogP contribution in [0.15, 0.2) is 77.8 Å². The number of carbonyl (C=O) groups is 1. The summed E-state index contributed by atoms with van der Waals surface area (Å²) in [5, 5.41) is 27.0. The molecule has 3 atom stereocenters. The van der Waals surface area contributed by atoms with Gasteiger partial charge >= 0.3 is 0 Å². The van der Waals surface area contributed by atoms with Crippen molar-refractivity contribution in [2.24, 2.45) is 11.3 Å². The van der Waals surface area contributed by atoms with Gasteiger partial charge in [-0.1, -0.05) is 38.1 Å². The fourth-order valence-corrected chi connectivity index (χ4v) is 15.4. The zero-order valence-electron chi connectivity index (χ0n) is 44.2. The highest BCUT2D eigenvalue weighted by Crippen LogP contribution is 2.55. The zero-order valence-corrected chi connectivity index (χ0v) is 45.8. The summed E-state index contributed by atoms with van der Waals surface area (Å²) in [5.74, 6) is -0.419. The molecule has 6 aliphatic rings. The number of rotatable bonds is 15. The monoisotopic (exact) mass is 1090 g/mol. The van der Waals surface area contributed by atoms with Gasteiger partial charge in [0.05, 0.1) is 39.3 Å². The number of likely N-dealkylation sites (tertiary alicyclic amines) is 1. The van der Waals surface area contributed by atoms with Gasteiger partial charge in [0.1, 0.15) is 24.6 Å². The fraction of sp³-hybridized carbons (Fsp3) is 0.536. The summed E-state index contributed by atoms with van der Waals surface area (Å²) in [6, 6.07) is 19.7. The van der Waals surface area contributed by atoms with Crippen LogP contribution in [-0.2, 0) is 20.0 Å². The molecule has 1 amide bonds. The lowest BCUT2D eigenvalue weighted by atomic mass is 9.59. The SMILES string of the molecule is CC(C)c1ccccc1[C@H]1CCCN1C1CC2(CCN(c3ccc(C(=O)NS(=O)(=O)c4cc5c(c([N+](=O)[O-])c4)N[C@@H]([C@H]4CC[C@](C)(O)CC4)CO5)c(Oc4cc5cc[nH]c5nc4OC[C@@H]4CCCN4S(C)(=O)=O)c3)CC2)C1. The fourth-order valence-electron chi connectivity index (χ4n) is 13.2.